The predicted octanol–water partition coefficient (Wildman–Crippen LogP) is 2.62. The molecule has 0 radical (unpaired) electrons. The smallest absolute Gasteiger partial charge is 0.230 e. The van der Waals surface area contributed by atoms with Crippen molar-refractivity contribution in [3.8, 4) is 0 Å². The largest absolute Gasteiger partial charge is 0.394 e. The molecule has 7 heteroatoms. The van der Waals surface area contributed by atoms with Gasteiger partial charge in [0, 0.05) is 36.8 Å². The van der Waals surface area contributed by atoms with Crippen molar-refractivity contribution in [2.75, 3.05) is 33.3 Å². The molecule has 2 N–H and O–H groups in total. The molecular formula is C20H25F2N3O2. The van der Waals surface area contributed by atoms with E-state index >= 15 is 0 Å². The van der Waals surface area contributed by atoms with Crippen LogP contribution >= 0.6 is 0 Å². The van der Waals surface area contributed by atoms with Crippen LogP contribution in [0.4, 0.5) is 8.78 Å². The highest BCUT2D eigenvalue weighted by Crippen LogP contribution is 2.35. The maximum atomic E-state index is 14.2. The molecule has 0 spiro atoms. The first-order valence-corrected chi connectivity index (χ1v) is 9.19. The number of halogens is 2. The molecule has 1 aliphatic rings. The van der Waals surface area contributed by atoms with Gasteiger partial charge < -0.3 is 15.0 Å². The average molecular weight is 377 g/mol. The zero-order valence-corrected chi connectivity index (χ0v) is 15.8. The molecule has 0 saturated carbocycles. The van der Waals surface area contributed by atoms with Gasteiger partial charge in [-0.25, -0.2) is 8.78 Å². The Hall–Kier alpha value is -2.25. The fourth-order valence-corrected chi connectivity index (χ4v) is 3.88. The molecule has 27 heavy (non-hydrogen) atoms. The van der Waals surface area contributed by atoms with E-state index in [1.807, 2.05) is 25.8 Å². The highest BCUT2D eigenvalue weighted by atomic mass is 19.2. The van der Waals surface area contributed by atoms with Gasteiger partial charge in [0.2, 0.25) is 5.91 Å². The molecule has 3 rings (SSSR count). The number of H-pyrrole nitrogens is 1. The summed E-state index contributed by atoms with van der Waals surface area (Å²) in [5, 5.41) is 10.1. The van der Waals surface area contributed by atoms with Crippen molar-refractivity contribution >= 4 is 22.4 Å². The van der Waals surface area contributed by atoms with Crippen LogP contribution in [-0.4, -0.2) is 65.1 Å². The number of hydrogen-bond donors (Lipinski definition) is 2. The molecule has 1 amide bonds. The molecule has 2 heterocycles. The van der Waals surface area contributed by atoms with E-state index in [0.29, 0.717) is 36.3 Å². The Morgan fingerprint density at radius 1 is 1.37 bits per heavy atom. The number of nitrogens with one attached hydrogen (secondary N) is 1. The van der Waals surface area contributed by atoms with E-state index < -0.39 is 23.6 Å². The fourth-order valence-electron chi connectivity index (χ4n) is 3.88. The number of fused-ring (bicyclic) bond motifs is 1. The second kappa shape index (κ2) is 7.78. The number of carbonyl (C=O) groups excluding carboxylic acids is 1. The Kier molecular flexibility index (Phi) is 5.62. The first kappa shape index (κ1) is 19.5. The summed E-state index contributed by atoms with van der Waals surface area (Å²) in [4.78, 5) is 19.5. The molecule has 146 valence electrons. The number of amides is 1. The lowest BCUT2D eigenvalue weighted by Crippen LogP contribution is -2.47. The summed E-state index contributed by atoms with van der Waals surface area (Å²) in [5.41, 5.74) is 1.56. The molecular weight excluding hydrogens is 352 g/mol. The number of likely N-dealkylation sites (N-methyl/N-ethyl adjacent to an activating group) is 1. The van der Waals surface area contributed by atoms with E-state index in [2.05, 4.69) is 4.98 Å². The monoisotopic (exact) mass is 377 g/mol. The number of aromatic nitrogens is 1. The minimum atomic E-state index is -0.950. The Labute approximate surface area is 157 Å². The van der Waals surface area contributed by atoms with Gasteiger partial charge in [-0.05, 0) is 38.6 Å². The van der Waals surface area contributed by atoms with Gasteiger partial charge in [0.25, 0.3) is 0 Å². The van der Waals surface area contributed by atoms with Crippen molar-refractivity contribution in [3.05, 3.63) is 41.6 Å². The predicted molar refractivity (Wildman–Crippen MR) is 101 cm³/mol. The summed E-state index contributed by atoms with van der Waals surface area (Å²) >= 11 is 0. The Morgan fingerprint density at radius 2 is 2.07 bits per heavy atom. The van der Waals surface area contributed by atoms with E-state index in [1.165, 1.54) is 6.07 Å². The van der Waals surface area contributed by atoms with Gasteiger partial charge in [0.1, 0.15) is 0 Å². The van der Waals surface area contributed by atoms with Gasteiger partial charge in [0.05, 0.1) is 24.1 Å². The SMILES string of the molecule is CCN(CC)C(=O)C1C=C(c2cc(F)c(F)c3cc[nH]c23)[C@H](CO)N(C)C1. The third kappa shape index (κ3) is 3.37. The second-order valence-electron chi connectivity index (χ2n) is 6.86. The van der Waals surface area contributed by atoms with E-state index in [9.17, 15) is 18.7 Å². The summed E-state index contributed by atoms with van der Waals surface area (Å²) in [6, 6.07) is 2.22. The number of aliphatic hydroxyl groups is 1. The van der Waals surface area contributed by atoms with Gasteiger partial charge in [-0.15, -0.1) is 0 Å². The maximum absolute atomic E-state index is 14.2. The minimum Gasteiger partial charge on any atom is -0.394 e. The van der Waals surface area contributed by atoms with Gasteiger partial charge in [-0.1, -0.05) is 6.08 Å². The quantitative estimate of drug-likeness (QED) is 0.842. The standard InChI is InChI=1S/C20H25F2N3O2/c1-4-25(5-2)20(27)12-8-14(17(11-26)24(3)10-12)15-9-16(21)18(22)13-6-7-23-19(13)15/h6-9,12,17,23,26H,4-5,10-11H2,1-3H3/t12?,17-/m0/s1. The Balaban J connectivity index is 2.14. The lowest BCUT2D eigenvalue weighted by atomic mass is 9.87. The summed E-state index contributed by atoms with van der Waals surface area (Å²) in [7, 11) is 1.82. The van der Waals surface area contributed by atoms with Crippen LogP contribution in [-0.2, 0) is 4.79 Å². The van der Waals surface area contributed by atoms with Crippen molar-refractivity contribution in [3.63, 3.8) is 0 Å². The first-order chi connectivity index (χ1) is 12.9. The van der Waals surface area contributed by atoms with Crippen LogP contribution in [0.15, 0.2) is 24.4 Å². The van der Waals surface area contributed by atoms with E-state index in [0.717, 1.165) is 6.07 Å². The molecule has 0 bridgehead atoms. The van der Waals surface area contributed by atoms with Crippen LogP contribution in [0.2, 0.25) is 0 Å². The van der Waals surface area contributed by atoms with Crippen LogP contribution in [0.3, 0.4) is 0 Å². The molecule has 0 saturated heterocycles. The number of hydrogen-bond acceptors (Lipinski definition) is 3. The van der Waals surface area contributed by atoms with Crippen LogP contribution in [0.5, 0.6) is 0 Å². The Bertz CT molecular complexity index is 873. The van der Waals surface area contributed by atoms with Gasteiger partial charge >= 0.3 is 0 Å². The van der Waals surface area contributed by atoms with Crippen molar-refractivity contribution in [2.45, 2.75) is 19.9 Å². The molecule has 1 aliphatic heterocycles. The number of rotatable bonds is 5. The fraction of sp³-hybridized carbons (Fsp3) is 0.450. The summed E-state index contributed by atoms with van der Waals surface area (Å²) in [6.07, 6.45) is 3.35. The number of nitrogens with zero attached hydrogens (tertiary/aromatic N) is 2. The van der Waals surface area contributed by atoms with Crippen molar-refractivity contribution in [1.29, 1.82) is 0 Å². The normalized spacial score (nSPS) is 20.7. The topological polar surface area (TPSA) is 59.6 Å². The zero-order chi connectivity index (χ0) is 19.7. The van der Waals surface area contributed by atoms with Crippen molar-refractivity contribution in [1.82, 2.24) is 14.8 Å². The summed E-state index contributed by atoms with van der Waals surface area (Å²) in [6.45, 7) is 5.33. The van der Waals surface area contributed by atoms with Crippen LogP contribution < -0.4 is 0 Å². The molecule has 1 unspecified atom stereocenters. The Morgan fingerprint density at radius 3 is 2.70 bits per heavy atom. The van der Waals surface area contributed by atoms with Crippen molar-refractivity contribution in [2.24, 2.45) is 5.92 Å². The lowest BCUT2D eigenvalue weighted by molar-refractivity contribution is -0.134. The summed E-state index contributed by atoms with van der Waals surface area (Å²) < 4.78 is 28.3. The van der Waals surface area contributed by atoms with Crippen LogP contribution in [0, 0.1) is 17.6 Å². The minimum absolute atomic E-state index is 0.00828. The van der Waals surface area contributed by atoms with Gasteiger partial charge in [-0.2, -0.15) is 0 Å². The number of benzene rings is 1. The van der Waals surface area contributed by atoms with Gasteiger partial charge in [0.15, 0.2) is 11.6 Å². The molecule has 2 atom stereocenters. The molecule has 5 nitrogen and oxygen atoms in total. The second-order valence-corrected chi connectivity index (χ2v) is 6.86. The highest BCUT2D eigenvalue weighted by Gasteiger charge is 2.34. The average Bonchev–Trinajstić information content (AvgIpc) is 3.15. The number of carbonyl (C=O) groups is 1. The maximum Gasteiger partial charge on any atom is 0.230 e. The molecule has 0 aliphatic carbocycles. The zero-order valence-electron chi connectivity index (χ0n) is 15.8. The summed E-state index contributed by atoms with van der Waals surface area (Å²) in [5.74, 6) is -2.28. The molecule has 2 aromatic rings. The van der Waals surface area contributed by atoms with Crippen molar-refractivity contribution < 1.29 is 18.7 Å². The number of aromatic amines is 1. The van der Waals surface area contributed by atoms with E-state index in [1.54, 1.807) is 17.2 Å². The molecule has 1 aromatic heterocycles. The lowest BCUT2D eigenvalue weighted by Gasteiger charge is -2.37. The third-order valence-electron chi connectivity index (χ3n) is 5.37. The highest BCUT2D eigenvalue weighted by molar-refractivity contribution is 5.94. The van der Waals surface area contributed by atoms with Gasteiger partial charge in [-0.3, -0.25) is 9.69 Å². The molecule has 1 aromatic carbocycles. The molecule has 0 fully saturated rings. The van der Waals surface area contributed by atoms with E-state index in [4.69, 9.17) is 0 Å². The van der Waals surface area contributed by atoms with Crippen LogP contribution in [0.25, 0.3) is 16.5 Å². The number of aliphatic hydroxyl groups excluding tert-OH is 1. The van der Waals surface area contributed by atoms with E-state index in [-0.39, 0.29) is 17.9 Å². The first-order valence-electron chi connectivity index (χ1n) is 9.19. The van der Waals surface area contributed by atoms with Crippen LogP contribution in [0.1, 0.15) is 19.4 Å². The third-order valence-corrected chi connectivity index (χ3v) is 5.37.